The number of hydrogen-bond donors (Lipinski definition) is 1. The van der Waals surface area contributed by atoms with Crippen molar-refractivity contribution in [3.8, 4) is 0 Å². The summed E-state index contributed by atoms with van der Waals surface area (Å²) in [5.74, 6) is -0.731. The Labute approximate surface area is 135 Å². The number of aryl methyl sites for hydroxylation is 2. The van der Waals surface area contributed by atoms with E-state index in [2.05, 4.69) is 25.7 Å². The van der Waals surface area contributed by atoms with E-state index in [0.717, 1.165) is 16.5 Å². The van der Waals surface area contributed by atoms with Crippen LogP contribution in [0.1, 0.15) is 23.4 Å². The van der Waals surface area contributed by atoms with Gasteiger partial charge in [-0.15, -0.1) is 15.3 Å². The molecule has 0 aliphatic heterocycles. The van der Waals surface area contributed by atoms with E-state index in [9.17, 15) is 13.2 Å². The Morgan fingerprint density at radius 1 is 1.17 bits per heavy atom. The average molecular weight is 339 g/mol. The molecular weight excluding hydrogens is 323 g/mol. The maximum Gasteiger partial charge on any atom is 0.453 e. The highest BCUT2D eigenvalue weighted by Gasteiger charge is 2.38. The molecule has 0 aliphatic carbocycles. The molecule has 0 atom stereocenters. The van der Waals surface area contributed by atoms with Gasteiger partial charge in [0.05, 0.1) is 0 Å². The third-order valence-electron chi connectivity index (χ3n) is 3.76. The van der Waals surface area contributed by atoms with Gasteiger partial charge in [-0.1, -0.05) is 0 Å². The molecule has 0 fully saturated rings. The van der Waals surface area contributed by atoms with E-state index < -0.39 is 12.0 Å². The van der Waals surface area contributed by atoms with Crippen molar-refractivity contribution >= 4 is 11.5 Å². The van der Waals surface area contributed by atoms with Gasteiger partial charge < -0.3 is 5.32 Å². The Hall–Kier alpha value is -2.65. The molecule has 0 saturated carbocycles. The largest absolute Gasteiger partial charge is 0.453 e. The number of aromatic nitrogens is 6. The van der Waals surface area contributed by atoms with Gasteiger partial charge in [0.15, 0.2) is 5.65 Å². The van der Waals surface area contributed by atoms with Crippen LogP contribution in [-0.4, -0.2) is 36.1 Å². The maximum atomic E-state index is 13.0. The molecular formula is C14H16F3N7. The summed E-state index contributed by atoms with van der Waals surface area (Å²) in [4.78, 5) is 0. The predicted octanol–water partition coefficient (Wildman–Crippen LogP) is 2.46. The van der Waals surface area contributed by atoms with Crippen LogP contribution in [0.5, 0.6) is 0 Å². The highest BCUT2D eigenvalue weighted by molar-refractivity contribution is 5.58. The third kappa shape index (κ3) is 3.03. The monoisotopic (exact) mass is 339 g/mol. The van der Waals surface area contributed by atoms with Crippen molar-refractivity contribution in [1.29, 1.82) is 0 Å². The van der Waals surface area contributed by atoms with Crippen molar-refractivity contribution in [2.75, 3.05) is 11.9 Å². The maximum absolute atomic E-state index is 13.0. The van der Waals surface area contributed by atoms with Crippen molar-refractivity contribution in [3.63, 3.8) is 0 Å². The third-order valence-corrected chi connectivity index (χ3v) is 3.76. The summed E-state index contributed by atoms with van der Waals surface area (Å²) in [7, 11) is 0. The fourth-order valence-electron chi connectivity index (χ4n) is 2.35. The molecule has 10 heteroatoms. The number of anilines is 1. The molecule has 24 heavy (non-hydrogen) atoms. The Balaban J connectivity index is 1.80. The molecule has 0 radical (unpaired) electrons. The van der Waals surface area contributed by atoms with Crippen molar-refractivity contribution in [2.24, 2.45) is 0 Å². The molecule has 3 aromatic rings. The van der Waals surface area contributed by atoms with Gasteiger partial charge >= 0.3 is 6.18 Å². The summed E-state index contributed by atoms with van der Waals surface area (Å²) in [6.45, 7) is 4.76. The van der Waals surface area contributed by atoms with Gasteiger partial charge in [-0.2, -0.15) is 22.8 Å². The van der Waals surface area contributed by atoms with Crippen LogP contribution in [-0.2, 0) is 12.7 Å². The second-order valence-electron chi connectivity index (χ2n) is 5.40. The average Bonchev–Trinajstić information content (AvgIpc) is 3.16. The van der Waals surface area contributed by atoms with E-state index in [0.29, 0.717) is 24.5 Å². The number of nitrogens with zero attached hydrogens (tertiary/aromatic N) is 6. The second kappa shape index (κ2) is 6.10. The first-order valence-corrected chi connectivity index (χ1v) is 7.39. The van der Waals surface area contributed by atoms with E-state index in [1.54, 1.807) is 24.7 Å². The normalized spacial score (nSPS) is 12.0. The van der Waals surface area contributed by atoms with Gasteiger partial charge in [-0.25, -0.2) is 0 Å². The molecule has 0 bridgehead atoms. The van der Waals surface area contributed by atoms with E-state index in [1.165, 1.54) is 0 Å². The predicted molar refractivity (Wildman–Crippen MR) is 80.6 cm³/mol. The quantitative estimate of drug-likeness (QED) is 0.723. The summed E-state index contributed by atoms with van der Waals surface area (Å²) < 4.78 is 41.5. The first kappa shape index (κ1) is 16.2. The molecule has 3 aromatic heterocycles. The molecule has 128 valence electrons. The topological polar surface area (TPSA) is 72.9 Å². The van der Waals surface area contributed by atoms with Crippen molar-refractivity contribution in [3.05, 3.63) is 35.4 Å². The zero-order valence-electron chi connectivity index (χ0n) is 13.2. The lowest BCUT2D eigenvalue weighted by atomic mass is 10.2. The zero-order valence-corrected chi connectivity index (χ0v) is 13.2. The molecule has 1 N–H and O–H groups in total. The Morgan fingerprint density at radius 3 is 2.62 bits per heavy atom. The SMILES string of the molecule is Cc1c(NCCCn2cccn2)nn2c(C(F)(F)F)nnc2c1C. The molecule has 0 saturated heterocycles. The van der Waals surface area contributed by atoms with Crippen LogP contribution in [0.4, 0.5) is 19.0 Å². The molecule has 0 spiro atoms. The van der Waals surface area contributed by atoms with Gasteiger partial charge in [0.1, 0.15) is 5.82 Å². The smallest absolute Gasteiger partial charge is 0.368 e. The van der Waals surface area contributed by atoms with Crippen LogP contribution in [0.3, 0.4) is 0 Å². The van der Waals surface area contributed by atoms with Gasteiger partial charge in [-0.3, -0.25) is 4.68 Å². The standard InChI is InChI=1S/C14H16F3N7/c1-9-10(2)12-20-21-13(14(15,16)17)24(12)22-11(9)18-5-3-7-23-8-4-6-19-23/h4,6,8H,3,5,7H2,1-2H3,(H,18,22). The number of nitrogens with one attached hydrogen (secondary N) is 1. The fraction of sp³-hybridized carbons (Fsp3) is 0.429. The van der Waals surface area contributed by atoms with Crippen molar-refractivity contribution in [2.45, 2.75) is 33.0 Å². The van der Waals surface area contributed by atoms with Crippen LogP contribution >= 0.6 is 0 Å². The lowest BCUT2D eigenvalue weighted by Gasteiger charge is -2.12. The molecule has 0 unspecified atom stereocenters. The van der Waals surface area contributed by atoms with Crippen LogP contribution in [0.2, 0.25) is 0 Å². The second-order valence-corrected chi connectivity index (χ2v) is 5.40. The van der Waals surface area contributed by atoms with E-state index in [4.69, 9.17) is 0 Å². The van der Waals surface area contributed by atoms with E-state index >= 15 is 0 Å². The molecule has 0 aliphatic rings. The first-order valence-electron chi connectivity index (χ1n) is 7.39. The van der Waals surface area contributed by atoms with Gasteiger partial charge in [-0.05, 0) is 31.9 Å². The first-order chi connectivity index (χ1) is 11.4. The summed E-state index contributed by atoms with van der Waals surface area (Å²) >= 11 is 0. The van der Waals surface area contributed by atoms with Crippen molar-refractivity contribution < 1.29 is 13.2 Å². The molecule has 0 aromatic carbocycles. The van der Waals surface area contributed by atoms with E-state index in [1.807, 2.05) is 12.3 Å². The summed E-state index contributed by atoms with van der Waals surface area (Å²) in [6.07, 6.45) is -0.298. The van der Waals surface area contributed by atoms with Crippen LogP contribution < -0.4 is 5.32 Å². The highest BCUT2D eigenvalue weighted by Crippen LogP contribution is 2.29. The number of rotatable bonds is 5. The Kier molecular flexibility index (Phi) is 4.12. The minimum atomic E-state index is -4.61. The highest BCUT2D eigenvalue weighted by atomic mass is 19.4. The van der Waals surface area contributed by atoms with Crippen LogP contribution in [0.25, 0.3) is 5.65 Å². The summed E-state index contributed by atoms with van der Waals surface area (Å²) in [5.41, 5.74) is 1.48. The van der Waals surface area contributed by atoms with Crippen LogP contribution in [0, 0.1) is 13.8 Å². The summed E-state index contributed by atoms with van der Waals surface area (Å²) in [6, 6.07) is 1.83. The molecule has 0 amide bonds. The molecule has 7 nitrogen and oxygen atoms in total. The van der Waals surface area contributed by atoms with Crippen LogP contribution in [0.15, 0.2) is 18.5 Å². The lowest BCUT2D eigenvalue weighted by Crippen LogP contribution is -2.16. The van der Waals surface area contributed by atoms with Crippen molar-refractivity contribution in [1.82, 2.24) is 29.6 Å². The number of hydrogen-bond acceptors (Lipinski definition) is 5. The number of halogens is 3. The fourth-order valence-corrected chi connectivity index (χ4v) is 2.35. The number of alkyl halides is 3. The Morgan fingerprint density at radius 2 is 1.96 bits per heavy atom. The minimum absolute atomic E-state index is 0.113. The zero-order chi connectivity index (χ0) is 17.3. The van der Waals surface area contributed by atoms with E-state index in [-0.39, 0.29) is 5.65 Å². The van der Waals surface area contributed by atoms with Gasteiger partial charge in [0.2, 0.25) is 0 Å². The molecule has 3 heterocycles. The number of fused-ring (bicyclic) bond motifs is 1. The Bertz CT molecular complexity index is 836. The van der Waals surface area contributed by atoms with Gasteiger partial charge in [0, 0.05) is 31.0 Å². The lowest BCUT2D eigenvalue weighted by molar-refractivity contribution is -0.146. The van der Waals surface area contributed by atoms with Gasteiger partial charge in [0.25, 0.3) is 5.82 Å². The summed E-state index contributed by atoms with van der Waals surface area (Å²) in [5, 5.41) is 18.0. The minimum Gasteiger partial charge on any atom is -0.368 e. The molecule has 3 rings (SSSR count).